The highest BCUT2D eigenvalue weighted by Crippen LogP contribution is 2.30. The number of nitrogens with one attached hydrogen (secondary N) is 1. The number of ether oxygens (including phenoxy) is 1. The molecule has 26 heavy (non-hydrogen) atoms. The number of sulfone groups is 1. The minimum absolute atomic E-state index is 0.0149. The lowest BCUT2D eigenvalue weighted by Crippen LogP contribution is -2.18. The van der Waals surface area contributed by atoms with Gasteiger partial charge in [0.2, 0.25) is 9.84 Å². The van der Waals surface area contributed by atoms with Crippen molar-refractivity contribution >= 4 is 56.3 Å². The van der Waals surface area contributed by atoms with Gasteiger partial charge in [-0.1, -0.05) is 34.8 Å². The topological polar surface area (TPSA) is 72.5 Å². The lowest BCUT2D eigenvalue weighted by Gasteiger charge is -2.11. The molecule has 0 aliphatic carbocycles. The Morgan fingerprint density at radius 3 is 2.27 bits per heavy atom. The van der Waals surface area contributed by atoms with E-state index in [1.54, 1.807) is 31.2 Å². The fourth-order valence-electron chi connectivity index (χ4n) is 1.96. The Kier molecular flexibility index (Phi) is 6.94. The summed E-state index contributed by atoms with van der Waals surface area (Å²) in [6.45, 7) is 1.59. The van der Waals surface area contributed by atoms with Crippen LogP contribution in [0.25, 0.3) is 0 Å². The second-order valence-corrected chi connectivity index (χ2v) is 8.13. The van der Waals surface area contributed by atoms with Gasteiger partial charge in [-0.15, -0.1) is 0 Å². The molecule has 0 aromatic heterocycles. The molecule has 0 spiro atoms. The molecule has 0 amide bonds. The first kappa shape index (κ1) is 20.6. The van der Waals surface area contributed by atoms with E-state index in [9.17, 15) is 13.2 Å². The minimum Gasteiger partial charge on any atom is -0.462 e. The van der Waals surface area contributed by atoms with Gasteiger partial charge >= 0.3 is 5.97 Å². The predicted molar refractivity (Wildman–Crippen MR) is 103 cm³/mol. The summed E-state index contributed by atoms with van der Waals surface area (Å²) in [6, 6.07) is 10.4. The smallest absolute Gasteiger partial charge is 0.351 e. The van der Waals surface area contributed by atoms with Gasteiger partial charge in [0.15, 0.2) is 4.91 Å². The first-order chi connectivity index (χ1) is 12.3. The largest absolute Gasteiger partial charge is 0.462 e. The molecule has 2 rings (SSSR count). The number of halogens is 3. The van der Waals surface area contributed by atoms with E-state index in [0.29, 0.717) is 10.7 Å². The third kappa shape index (κ3) is 4.92. The standard InChI is InChI=1S/C17H14Cl3NO4S/c1-2-25-17(22)16(10-21-13-6-3-11(18)4-7-13)26(23,24)15-8-5-12(19)9-14(15)20/h3-10,21H,2H2,1H3/b16-10-. The molecule has 0 heterocycles. The predicted octanol–water partition coefficient (Wildman–Crippen LogP) is 4.94. The van der Waals surface area contributed by atoms with Crippen LogP contribution in [0.2, 0.25) is 15.1 Å². The summed E-state index contributed by atoms with van der Waals surface area (Å²) in [5.41, 5.74) is 0.536. The van der Waals surface area contributed by atoms with Crippen molar-refractivity contribution in [1.82, 2.24) is 0 Å². The fraction of sp³-hybridized carbons (Fsp3) is 0.118. The van der Waals surface area contributed by atoms with Crippen LogP contribution in [0.15, 0.2) is 58.5 Å². The Morgan fingerprint density at radius 2 is 1.69 bits per heavy atom. The summed E-state index contributed by atoms with van der Waals surface area (Å²) in [5, 5.41) is 3.44. The molecule has 9 heteroatoms. The van der Waals surface area contributed by atoms with E-state index in [-0.39, 0.29) is 21.5 Å². The number of benzene rings is 2. The maximum Gasteiger partial charge on any atom is 0.351 e. The van der Waals surface area contributed by atoms with Crippen LogP contribution >= 0.6 is 34.8 Å². The number of esters is 1. The van der Waals surface area contributed by atoms with E-state index in [2.05, 4.69) is 5.32 Å². The van der Waals surface area contributed by atoms with Gasteiger partial charge in [0, 0.05) is 21.9 Å². The average Bonchev–Trinajstić information content (AvgIpc) is 2.56. The molecule has 0 aliphatic heterocycles. The molecular weight excluding hydrogens is 421 g/mol. The summed E-state index contributed by atoms with van der Waals surface area (Å²) in [7, 11) is -4.24. The molecule has 0 unspecified atom stereocenters. The van der Waals surface area contributed by atoms with E-state index < -0.39 is 20.7 Å². The number of hydrogen-bond donors (Lipinski definition) is 1. The zero-order valence-corrected chi connectivity index (χ0v) is 16.6. The van der Waals surface area contributed by atoms with Crippen LogP contribution in [0.3, 0.4) is 0 Å². The Morgan fingerprint density at radius 1 is 1.08 bits per heavy atom. The Labute approximate surface area is 166 Å². The number of carbonyl (C=O) groups excluding carboxylic acids is 1. The van der Waals surface area contributed by atoms with Crippen molar-refractivity contribution in [1.29, 1.82) is 0 Å². The highest BCUT2D eigenvalue weighted by atomic mass is 35.5. The molecule has 1 N–H and O–H groups in total. The van der Waals surface area contributed by atoms with Crippen molar-refractivity contribution < 1.29 is 17.9 Å². The Bertz CT molecular complexity index is 941. The van der Waals surface area contributed by atoms with Gasteiger partial charge < -0.3 is 10.1 Å². The van der Waals surface area contributed by atoms with Crippen LogP contribution in [-0.4, -0.2) is 21.0 Å². The second kappa shape index (κ2) is 8.77. The van der Waals surface area contributed by atoms with Gasteiger partial charge in [0.05, 0.1) is 16.5 Å². The maximum atomic E-state index is 12.9. The van der Waals surface area contributed by atoms with Crippen molar-refractivity contribution in [3.8, 4) is 0 Å². The molecule has 2 aromatic carbocycles. The number of rotatable bonds is 6. The maximum absolute atomic E-state index is 12.9. The van der Waals surface area contributed by atoms with E-state index >= 15 is 0 Å². The normalized spacial score (nSPS) is 11.9. The van der Waals surface area contributed by atoms with Gasteiger partial charge in [-0.25, -0.2) is 13.2 Å². The highest BCUT2D eigenvalue weighted by molar-refractivity contribution is 7.96. The third-order valence-electron chi connectivity index (χ3n) is 3.16. The van der Waals surface area contributed by atoms with E-state index in [0.717, 1.165) is 6.20 Å². The molecule has 0 saturated heterocycles. The lowest BCUT2D eigenvalue weighted by molar-refractivity contribution is -0.137. The van der Waals surface area contributed by atoms with E-state index in [4.69, 9.17) is 39.5 Å². The van der Waals surface area contributed by atoms with Crippen LogP contribution in [0.5, 0.6) is 0 Å². The molecule has 2 aromatic rings. The quantitative estimate of drug-likeness (QED) is 0.515. The summed E-state index contributed by atoms with van der Waals surface area (Å²) < 4.78 is 30.7. The fourth-order valence-corrected chi connectivity index (χ4v) is 4.09. The van der Waals surface area contributed by atoms with Crippen molar-refractivity contribution in [2.24, 2.45) is 0 Å². The molecule has 138 valence electrons. The van der Waals surface area contributed by atoms with Gasteiger partial charge in [-0.05, 0) is 49.4 Å². The molecule has 0 fully saturated rings. The van der Waals surface area contributed by atoms with Gasteiger partial charge in [-0.2, -0.15) is 0 Å². The summed E-state index contributed by atoms with van der Waals surface area (Å²) >= 11 is 17.6. The van der Waals surface area contributed by atoms with Gasteiger partial charge in [0.25, 0.3) is 0 Å². The summed E-state index contributed by atoms with van der Waals surface area (Å²) in [5.74, 6) is -1.00. The number of anilines is 1. The lowest BCUT2D eigenvalue weighted by atomic mass is 10.3. The summed E-state index contributed by atoms with van der Waals surface area (Å²) in [4.78, 5) is 11.4. The van der Waals surface area contributed by atoms with Crippen LogP contribution < -0.4 is 5.32 Å². The van der Waals surface area contributed by atoms with Crippen molar-refractivity contribution in [3.05, 3.63) is 68.6 Å². The zero-order chi connectivity index (χ0) is 19.3. The molecule has 0 bridgehead atoms. The molecule has 0 atom stereocenters. The Hall–Kier alpha value is -1.73. The van der Waals surface area contributed by atoms with Crippen molar-refractivity contribution in [3.63, 3.8) is 0 Å². The average molecular weight is 435 g/mol. The second-order valence-electron chi connectivity index (χ2n) is 4.96. The summed E-state index contributed by atoms with van der Waals surface area (Å²) in [6.07, 6.45) is 1.06. The molecule has 0 radical (unpaired) electrons. The number of hydrogen-bond acceptors (Lipinski definition) is 5. The number of carbonyl (C=O) groups is 1. The third-order valence-corrected chi connectivity index (χ3v) is 5.87. The molecule has 5 nitrogen and oxygen atoms in total. The zero-order valence-electron chi connectivity index (χ0n) is 13.5. The Balaban J connectivity index is 2.47. The van der Waals surface area contributed by atoms with Crippen LogP contribution in [0.1, 0.15) is 6.92 Å². The SMILES string of the molecule is CCOC(=O)/C(=C/Nc1ccc(Cl)cc1)S(=O)(=O)c1ccc(Cl)cc1Cl. The molecule has 0 saturated carbocycles. The first-order valence-electron chi connectivity index (χ1n) is 7.35. The van der Waals surface area contributed by atoms with E-state index in [1.807, 2.05) is 0 Å². The van der Waals surface area contributed by atoms with Crippen LogP contribution in [-0.2, 0) is 19.4 Å². The van der Waals surface area contributed by atoms with Gasteiger partial charge in [0.1, 0.15) is 0 Å². The van der Waals surface area contributed by atoms with Crippen LogP contribution in [0, 0.1) is 0 Å². The minimum atomic E-state index is -4.24. The first-order valence-corrected chi connectivity index (χ1v) is 9.97. The highest BCUT2D eigenvalue weighted by Gasteiger charge is 2.30. The van der Waals surface area contributed by atoms with Crippen molar-refractivity contribution in [2.45, 2.75) is 11.8 Å². The molecule has 0 aliphatic rings. The van der Waals surface area contributed by atoms with Gasteiger partial charge in [-0.3, -0.25) is 0 Å². The molecular formula is C17H14Cl3NO4S. The van der Waals surface area contributed by atoms with E-state index in [1.165, 1.54) is 18.2 Å². The monoisotopic (exact) mass is 433 g/mol. The van der Waals surface area contributed by atoms with Crippen molar-refractivity contribution in [2.75, 3.05) is 11.9 Å². The van der Waals surface area contributed by atoms with Crippen LogP contribution in [0.4, 0.5) is 5.69 Å².